The Bertz CT molecular complexity index is 945. The summed E-state index contributed by atoms with van der Waals surface area (Å²) >= 11 is 0. The van der Waals surface area contributed by atoms with Crippen LogP contribution in [0.1, 0.15) is 49.8 Å². The van der Waals surface area contributed by atoms with Gasteiger partial charge < -0.3 is 19.6 Å². The number of aliphatic imine (C=N–C) groups is 1. The molecule has 0 aliphatic carbocycles. The lowest BCUT2D eigenvalue weighted by atomic mass is 9.99. The molecule has 0 radical (unpaired) electrons. The van der Waals surface area contributed by atoms with Crippen LogP contribution in [0.4, 0.5) is 4.39 Å². The monoisotopic (exact) mass is 413 g/mol. The van der Waals surface area contributed by atoms with E-state index in [-0.39, 0.29) is 5.82 Å². The number of guanidine groups is 1. The van der Waals surface area contributed by atoms with Crippen LogP contribution >= 0.6 is 0 Å². The van der Waals surface area contributed by atoms with Gasteiger partial charge >= 0.3 is 0 Å². The van der Waals surface area contributed by atoms with E-state index in [0.717, 1.165) is 35.6 Å². The molecule has 30 heavy (non-hydrogen) atoms. The van der Waals surface area contributed by atoms with Gasteiger partial charge in [0.1, 0.15) is 12.1 Å². The standard InChI is InChI=1S/C22H28FN5O2/c1-4-15(5-2)20-12-19(30-28-20)13-26-22(24-3)25-11-10-18-14-29-21(27-18)16-6-8-17(23)9-7-16/h6-9,12,14-15H,4-5,10-11,13H2,1-3H3,(H2,24,25,26). The molecule has 0 spiro atoms. The third-order valence-corrected chi connectivity index (χ3v) is 4.95. The van der Waals surface area contributed by atoms with E-state index in [0.29, 0.717) is 37.3 Å². The van der Waals surface area contributed by atoms with Crippen LogP contribution < -0.4 is 10.6 Å². The van der Waals surface area contributed by atoms with Gasteiger partial charge in [-0.05, 0) is 37.1 Å². The SMILES string of the molecule is CCC(CC)c1cc(CNC(=NC)NCCc2coc(-c3ccc(F)cc3)n2)on1. The molecule has 1 aromatic carbocycles. The van der Waals surface area contributed by atoms with E-state index >= 15 is 0 Å². The van der Waals surface area contributed by atoms with Crippen LogP contribution in [0.3, 0.4) is 0 Å². The van der Waals surface area contributed by atoms with E-state index in [2.05, 4.69) is 39.6 Å². The van der Waals surface area contributed by atoms with Crippen molar-refractivity contribution in [2.45, 2.75) is 45.6 Å². The van der Waals surface area contributed by atoms with Gasteiger partial charge in [0.05, 0.1) is 17.9 Å². The topological polar surface area (TPSA) is 88.5 Å². The molecule has 2 N–H and O–H groups in total. The fourth-order valence-electron chi connectivity index (χ4n) is 3.16. The Morgan fingerprint density at radius 2 is 1.93 bits per heavy atom. The molecular formula is C22H28FN5O2. The summed E-state index contributed by atoms with van der Waals surface area (Å²) in [5.74, 6) is 2.07. The number of benzene rings is 1. The Kier molecular flexibility index (Phi) is 7.59. The average Bonchev–Trinajstić information content (AvgIpc) is 3.42. The summed E-state index contributed by atoms with van der Waals surface area (Å²) in [6.07, 6.45) is 4.37. The summed E-state index contributed by atoms with van der Waals surface area (Å²) in [6, 6.07) is 8.07. The second-order valence-electron chi connectivity index (χ2n) is 6.98. The van der Waals surface area contributed by atoms with Gasteiger partial charge in [-0.2, -0.15) is 0 Å². The van der Waals surface area contributed by atoms with Crippen LogP contribution in [-0.4, -0.2) is 29.7 Å². The lowest BCUT2D eigenvalue weighted by molar-refractivity contribution is 0.368. The third-order valence-electron chi connectivity index (χ3n) is 4.95. The molecule has 7 nitrogen and oxygen atoms in total. The van der Waals surface area contributed by atoms with Gasteiger partial charge in [-0.1, -0.05) is 19.0 Å². The molecule has 160 valence electrons. The first-order chi connectivity index (χ1) is 14.6. The maximum absolute atomic E-state index is 13.0. The lowest BCUT2D eigenvalue weighted by Crippen LogP contribution is -2.37. The van der Waals surface area contributed by atoms with Crippen molar-refractivity contribution in [1.29, 1.82) is 0 Å². The number of halogens is 1. The molecule has 3 rings (SSSR count). The molecule has 0 bridgehead atoms. The van der Waals surface area contributed by atoms with Crippen molar-refractivity contribution < 1.29 is 13.3 Å². The summed E-state index contributed by atoms with van der Waals surface area (Å²) in [6.45, 7) is 5.45. The maximum atomic E-state index is 13.0. The molecule has 0 unspecified atom stereocenters. The predicted octanol–water partition coefficient (Wildman–Crippen LogP) is 4.28. The zero-order valence-corrected chi connectivity index (χ0v) is 17.6. The van der Waals surface area contributed by atoms with E-state index in [1.807, 2.05) is 6.07 Å². The van der Waals surface area contributed by atoms with Gasteiger partial charge in [0, 0.05) is 37.6 Å². The second-order valence-corrected chi connectivity index (χ2v) is 6.98. The van der Waals surface area contributed by atoms with E-state index in [1.54, 1.807) is 25.4 Å². The molecule has 0 saturated heterocycles. The second kappa shape index (κ2) is 10.6. The van der Waals surface area contributed by atoms with E-state index in [9.17, 15) is 4.39 Å². The first-order valence-corrected chi connectivity index (χ1v) is 10.2. The molecule has 3 aromatic rings. The Balaban J connectivity index is 1.45. The highest BCUT2D eigenvalue weighted by Gasteiger charge is 2.13. The number of aromatic nitrogens is 2. The number of nitrogens with one attached hydrogen (secondary N) is 2. The van der Waals surface area contributed by atoms with Crippen molar-refractivity contribution >= 4 is 5.96 Å². The minimum Gasteiger partial charge on any atom is -0.444 e. The Labute approximate surface area is 175 Å². The number of rotatable bonds is 9. The highest BCUT2D eigenvalue weighted by atomic mass is 19.1. The van der Waals surface area contributed by atoms with Crippen LogP contribution in [0, 0.1) is 5.82 Å². The molecule has 2 aromatic heterocycles. The van der Waals surface area contributed by atoms with E-state index in [4.69, 9.17) is 8.94 Å². The van der Waals surface area contributed by atoms with Crippen LogP contribution in [0.2, 0.25) is 0 Å². The zero-order valence-electron chi connectivity index (χ0n) is 17.6. The molecule has 2 heterocycles. The fraction of sp³-hybridized carbons (Fsp3) is 0.409. The number of nitrogens with zero attached hydrogens (tertiary/aromatic N) is 3. The Hall–Kier alpha value is -3.16. The minimum absolute atomic E-state index is 0.286. The van der Waals surface area contributed by atoms with Crippen molar-refractivity contribution in [3.63, 3.8) is 0 Å². The molecular weight excluding hydrogens is 385 g/mol. The number of hydrogen-bond acceptors (Lipinski definition) is 5. The number of oxazole rings is 1. The van der Waals surface area contributed by atoms with Gasteiger partial charge in [-0.15, -0.1) is 0 Å². The molecule has 0 atom stereocenters. The third kappa shape index (κ3) is 5.68. The van der Waals surface area contributed by atoms with Gasteiger partial charge in [-0.3, -0.25) is 4.99 Å². The summed E-state index contributed by atoms with van der Waals surface area (Å²) in [7, 11) is 1.72. The zero-order chi connectivity index (χ0) is 21.3. The molecule has 8 heteroatoms. The van der Waals surface area contributed by atoms with Crippen LogP contribution in [0.25, 0.3) is 11.5 Å². The van der Waals surface area contributed by atoms with Gasteiger partial charge in [0.15, 0.2) is 11.7 Å². The molecule has 0 aliphatic heterocycles. The fourth-order valence-corrected chi connectivity index (χ4v) is 3.16. The summed E-state index contributed by atoms with van der Waals surface area (Å²) < 4.78 is 24.0. The van der Waals surface area contributed by atoms with E-state index < -0.39 is 0 Å². The van der Waals surface area contributed by atoms with Crippen molar-refractivity contribution in [3.05, 3.63) is 59.6 Å². The van der Waals surface area contributed by atoms with Crippen LogP contribution in [0.5, 0.6) is 0 Å². The van der Waals surface area contributed by atoms with Gasteiger partial charge in [0.2, 0.25) is 5.89 Å². The molecule has 0 aliphatic rings. The van der Waals surface area contributed by atoms with E-state index in [1.165, 1.54) is 12.1 Å². The quantitative estimate of drug-likeness (QED) is 0.402. The Morgan fingerprint density at radius 3 is 2.63 bits per heavy atom. The Morgan fingerprint density at radius 1 is 1.17 bits per heavy atom. The number of hydrogen-bond donors (Lipinski definition) is 2. The maximum Gasteiger partial charge on any atom is 0.226 e. The molecule has 0 saturated carbocycles. The summed E-state index contributed by atoms with van der Waals surface area (Å²) in [4.78, 5) is 8.67. The van der Waals surface area contributed by atoms with Gasteiger partial charge in [-0.25, -0.2) is 9.37 Å². The van der Waals surface area contributed by atoms with Crippen molar-refractivity contribution in [3.8, 4) is 11.5 Å². The largest absolute Gasteiger partial charge is 0.444 e. The van der Waals surface area contributed by atoms with Crippen molar-refractivity contribution in [1.82, 2.24) is 20.8 Å². The van der Waals surface area contributed by atoms with Gasteiger partial charge in [0.25, 0.3) is 0 Å². The smallest absolute Gasteiger partial charge is 0.226 e. The van der Waals surface area contributed by atoms with Crippen molar-refractivity contribution in [2.24, 2.45) is 4.99 Å². The highest BCUT2D eigenvalue weighted by Crippen LogP contribution is 2.22. The van der Waals surface area contributed by atoms with Crippen molar-refractivity contribution in [2.75, 3.05) is 13.6 Å². The highest BCUT2D eigenvalue weighted by molar-refractivity contribution is 5.79. The predicted molar refractivity (Wildman–Crippen MR) is 114 cm³/mol. The van der Waals surface area contributed by atoms with Crippen LogP contribution in [-0.2, 0) is 13.0 Å². The normalized spacial score (nSPS) is 11.8. The lowest BCUT2D eigenvalue weighted by Gasteiger charge is -2.09. The first kappa shape index (κ1) is 21.5. The summed E-state index contributed by atoms with van der Waals surface area (Å²) in [5, 5.41) is 10.6. The first-order valence-electron chi connectivity index (χ1n) is 10.2. The average molecular weight is 413 g/mol. The minimum atomic E-state index is -0.286. The molecule has 0 fully saturated rings. The summed E-state index contributed by atoms with van der Waals surface area (Å²) in [5.41, 5.74) is 2.55. The molecule has 0 amide bonds. The van der Waals surface area contributed by atoms with Crippen LogP contribution in [0.15, 0.2) is 50.5 Å².